The molecule has 2 atom stereocenters. The number of fused-ring (bicyclic) bond motifs is 1. The fourth-order valence-corrected chi connectivity index (χ4v) is 5.32. The van der Waals surface area contributed by atoms with Crippen LogP contribution in [0.1, 0.15) is 29.5 Å². The second kappa shape index (κ2) is 7.97. The second-order valence-corrected chi connectivity index (χ2v) is 8.96. The van der Waals surface area contributed by atoms with Gasteiger partial charge in [0.2, 0.25) is 16.4 Å². The molecule has 0 aromatic heterocycles. The molecule has 28 heavy (non-hydrogen) atoms. The molecule has 0 spiro atoms. The number of nitrogens with zero attached hydrogens (tertiary/aromatic N) is 2. The number of hydrogen-bond donors (Lipinski definition) is 1. The second-order valence-electron chi connectivity index (χ2n) is 6.95. The molecule has 0 radical (unpaired) electrons. The maximum absolute atomic E-state index is 12.9. The minimum atomic E-state index is -4.51. The normalized spacial score (nSPS) is 21.9. The third-order valence-corrected chi connectivity index (χ3v) is 6.99. The third-order valence-electron chi connectivity index (χ3n) is 5.13. The zero-order chi connectivity index (χ0) is 20.5. The number of carbonyl (C=O) groups excluding carboxylic acids is 1. The van der Waals surface area contributed by atoms with Gasteiger partial charge in [0.1, 0.15) is 6.04 Å². The summed E-state index contributed by atoms with van der Waals surface area (Å²) in [5.41, 5.74) is 0.145. The van der Waals surface area contributed by atoms with Crippen molar-refractivity contribution in [2.45, 2.75) is 44.1 Å². The predicted molar refractivity (Wildman–Crippen MR) is 91.8 cm³/mol. The molecular formula is C17H21F3N2O5S. The van der Waals surface area contributed by atoms with Crippen LogP contribution in [-0.4, -0.2) is 60.5 Å². The van der Waals surface area contributed by atoms with Crippen LogP contribution >= 0.6 is 0 Å². The van der Waals surface area contributed by atoms with Gasteiger partial charge < -0.3 is 4.74 Å². The third kappa shape index (κ3) is 4.48. The first-order chi connectivity index (χ1) is 13.1. The number of carbonyl (C=O) groups is 1. The molecule has 0 aliphatic carbocycles. The largest absolute Gasteiger partial charge is 0.416 e. The highest BCUT2D eigenvalue weighted by Gasteiger charge is 2.38. The van der Waals surface area contributed by atoms with Gasteiger partial charge in [-0.1, -0.05) is 6.07 Å². The Morgan fingerprint density at radius 3 is 2.71 bits per heavy atom. The molecule has 156 valence electrons. The molecule has 1 unspecified atom stereocenters. The molecule has 1 fully saturated rings. The maximum atomic E-state index is 12.9. The van der Waals surface area contributed by atoms with E-state index in [1.807, 2.05) is 0 Å². The summed E-state index contributed by atoms with van der Waals surface area (Å²) in [6.45, 7) is 0.336. The van der Waals surface area contributed by atoms with Gasteiger partial charge in [-0.25, -0.2) is 13.5 Å². The van der Waals surface area contributed by atoms with Gasteiger partial charge in [-0.3, -0.25) is 10.0 Å². The number of amides is 1. The van der Waals surface area contributed by atoms with Crippen molar-refractivity contribution in [2.24, 2.45) is 0 Å². The molecule has 7 nitrogen and oxygen atoms in total. The van der Waals surface area contributed by atoms with Crippen LogP contribution in [0, 0.1) is 0 Å². The van der Waals surface area contributed by atoms with Gasteiger partial charge in [-0.05, 0) is 42.5 Å². The van der Waals surface area contributed by atoms with Crippen LogP contribution in [-0.2, 0) is 38.7 Å². The van der Waals surface area contributed by atoms with Crippen LogP contribution in [0.25, 0.3) is 0 Å². The van der Waals surface area contributed by atoms with E-state index < -0.39 is 39.7 Å². The van der Waals surface area contributed by atoms with E-state index in [4.69, 9.17) is 4.74 Å². The Labute approximate surface area is 160 Å². The van der Waals surface area contributed by atoms with Crippen molar-refractivity contribution < 1.29 is 36.3 Å². The van der Waals surface area contributed by atoms with Crippen LogP contribution in [0.3, 0.4) is 0 Å². The molecule has 1 aromatic carbocycles. The Bertz CT molecular complexity index is 825. The number of alkyl halides is 3. The van der Waals surface area contributed by atoms with Crippen molar-refractivity contribution in [2.75, 3.05) is 18.9 Å². The van der Waals surface area contributed by atoms with Gasteiger partial charge in [-0.2, -0.15) is 17.5 Å². The van der Waals surface area contributed by atoms with Crippen LogP contribution in [0.2, 0.25) is 0 Å². The Morgan fingerprint density at radius 1 is 1.36 bits per heavy atom. The van der Waals surface area contributed by atoms with E-state index in [0.29, 0.717) is 35.6 Å². The molecule has 0 saturated carbocycles. The minimum Gasteiger partial charge on any atom is -0.376 e. The fraction of sp³-hybridized carbons (Fsp3) is 0.588. The summed E-state index contributed by atoms with van der Waals surface area (Å²) in [7, 11) is -3.95. The number of benzene rings is 1. The quantitative estimate of drug-likeness (QED) is 0.429. The summed E-state index contributed by atoms with van der Waals surface area (Å²) in [4.78, 5) is 11.0. The van der Waals surface area contributed by atoms with Crippen molar-refractivity contribution in [3.05, 3.63) is 34.9 Å². The summed E-state index contributed by atoms with van der Waals surface area (Å²) < 4.78 is 71.1. The lowest BCUT2D eigenvalue weighted by molar-refractivity contribution is -0.168. The minimum absolute atomic E-state index is 0.117. The van der Waals surface area contributed by atoms with Gasteiger partial charge in [0.25, 0.3) is 0 Å². The summed E-state index contributed by atoms with van der Waals surface area (Å²) in [5.74, 6) is -0.568. The standard InChI is InChI=1S/C17H21F3N2O5S/c18-17(19,20)14-4-3-12-5-6-21(9-13(12)8-14)28(25,26)10-15(22(24)11-23)16-2-1-7-27-16/h3-4,8,11,15-16,24H,1-2,5-7,9-10H2/t15?,16-/m1/s1. The average molecular weight is 422 g/mol. The molecule has 1 N–H and O–H groups in total. The molecular weight excluding hydrogens is 401 g/mol. The van der Waals surface area contributed by atoms with Gasteiger partial charge in [0.15, 0.2) is 0 Å². The average Bonchev–Trinajstić information content (AvgIpc) is 3.18. The number of rotatable bonds is 6. The predicted octanol–water partition coefficient (Wildman–Crippen LogP) is 1.79. The topological polar surface area (TPSA) is 87.2 Å². The van der Waals surface area contributed by atoms with E-state index in [-0.39, 0.29) is 25.9 Å². The number of halogens is 3. The van der Waals surface area contributed by atoms with Crippen LogP contribution < -0.4 is 0 Å². The number of sulfonamides is 1. The Morgan fingerprint density at radius 2 is 2.11 bits per heavy atom. The van der Waals surface area contributed by atoms with Crippen molar-refractivity contribution in [3.8, 4) is 0 Å². The SMILES string of the molecule is O=CN(O)C(CS(=O)(=O)N1CCc2ccc(C(F)(F)F)cc2C1)[C@H]1CCCO1. The molecule has 2 aliphatic rings. The fourth-order valence-electron chi connectivity index (χ4n) is 3.60. The Kier molecular flexibility index (Phi) is 5.99. The summed E-state index contributed by atoms with van der Waals surface area (Å²) >= 11 is 0. The van der Waals surface area contributed by atoms with Gasteiger partial charge in [-0.15, -0.1) is 0 Å². The molecule has 11 heteroatoms. The highest BCUT2D eigenvalue weighted by molar-refractivity contribution is 7.89. The van der Waals surface area contributed by atoms with E-state index in [1.165, 1.54) is 6.07 Å². The zero-order valence-electron chi connectivity index (χ0n) is 14.9. The van der Waals surface area contributed by atoms with Gasteiger partial charge in [0.05, 0.1) is 17.4 Å². The van der Waals surface area contributed by atoms with E-state index in [0.717, 1.165) is 16.4 Å². The van der Waals surface area contributed by atoms with E-state index >= 15 is 0 Å². The lowest BCUT2D eigenvalue weighted by Gasteiger charge is -2.32. The van der Waals surface area contributed by atoms with Gasteiger partial charge >= 0.3 is 6.18 Å². The Balaban J connectivity index is 1.79. The van der Waals surface area contributed by atoms with E-state index in [2.05, 4.69) is 0 Å². The monoisotopic (exact) mass is 422 g/mol. The van der Waals surface area contributed by atoms with Gasteiger partial charge in [0, 0.05) is 19.7 Å². The molecule has 1 aromatic rings. The Hall–Kier alpha value is -1.69. The van der Waals surface area contributed by atoms with E-state index in [1.54, 1.807) is 0 Å². The van der Waals surface area contributed by atoms with Crippen molar-refractivity contribution >= 4 is 16.4 Å². The molecule has 2 aliphatic heterocycles. The van der Waals surface area contributed by atoms with Crippen molar-refractivity contribution in [1.29, 1.82) is 0 Å². The number of hydrogen-bond acceptors (Lipinski definition) is 5. The molecule has 1 amide bonds. The first kappa shape index (κ1) is 21.0. The summed E-state index contributed by atoms with van der Waals surface area (Å²) in [6.07, 6.45) is -3.52. The maximum Gasteiger partial charge on any atom is 0.416 e. The molecule has 1 saturated heterocycles. The highest BCUT2D eigenvalue weighted by Crippen LogP contribution is 2.33. The van der Waals surface area contributed by atoms with Crippen LogP contribution in [0.15, 0.2) is 18.2 Å². The summed E-state index contributed by atoms with van der Waals surface area (Å²) in [5, 5.41) is 10.1. The molecule has 3 rings (SSSR count). The highest BCUT2D eigenvalue weighted by atomic mass is 32.2. The molecule has 2 heterocycles. The lowest BCUT2D eigenvalue weighted by atomic mass is 9.98. The van der Waals surface area contributed by atoms with Crippen LogP contribution in [0.5, 0.6) is 0 Å². The smallest absolute Gasteiger partial charge is 0.376 e. The first-order valence-electron chi connectivity index (χ1n) is 8.83. The zero-order valence-corrected chi connectivity index (χ0v) is 15.7. The number of ether oxygens (including phenoxy) is 1. The lowest BCUT2D eigenvalue weighted by Crippen LogP contribution is -2.49. The van der Waals surface area contributed by atoms with E-state index in [9.17, 15) is 31.6 Å². The van der Waals surface area contributed by atoms with Crippen molar-refractivity contribution in [3.63, 3.8) is 0 Å². The van der Waals surface area contributed by atoms with Crippen molar-refractivity contribution in [1.82, 2.24) is 9.37 Å². The molecule has 0 bridgehead atoms. The van der Waals surface area contributed by atoms with Crippen LogP contribution in [0.4, 0.5) is 13.2 Å². The number of hydroxylamine groups is 2. The summed E-state index contributed by atoms with van der Waals surface area (Å²) in [6, 6.07) is 2.26. The first-order valence-corrected chi connectivity index (χ1v) is 10.4.